The van der Waals surface area contributed by atoms with Crippen molar-refractivity contribution in [3.8, 4) is 0 Å². The molecule has 0 atom stereocenters. The molecule has 1 aromatic rings. The molecular weight excluding hydrogens is 200 g/mol. The molecule has 0 radical (unpaired) electrons. The van der Waals surface area contributed by atoms with Crippen LogP contribution in [0.25, 0.3) is 0 Å². The number of methoxy groups -OCH3 is 1. The number of carboxylic acids is 1. The van der Waals surface area contributed by atoms with Crippen molar-refractivity contribution in [2.24, 2.45) is 7.05 Å². The lowest BCUT2D eigenvalue weighted by Gasteiger charge is -2.06. The Bertz CT molecular complexity index is 383. The number of aromatic carboxylic acids is 1. The standard InChI is InChI=1S/C9H12N2O4/c1-11-6(5-10-9(14)15-2)3-4-7(11)8(12)13/h3-4H,5H2,1-2H3,(H,10,14)(H,12,13). The van der Waals surface area contributed by atoms with Crippen LogP contribution in [0.1, 0.15) is 16.2 Å². The minimum Gasteiger partial charge on any atom is -0.477 e. The lowest BCUT2D eigenvalue weighted by molar-refractivity contribution is 0.0686. The van der Waals surface area contributed by atoms with Gasteiger partial charge in [0.2, 0.25) is 0 Å². The van der Waals surface area contributed by atoms with E-state index < -0.39 is 12.1 Å². The zero-order chi connectivity index (χ0) is 11.4. The molecule has 82 valence electrons. The van der Waals surface area contributed by atoms with Crippen LogP contribution in [0.15, 0.2) is 12.1 Å². The van der Waals surface area contributed by atoms with Gasteiger partial charge in [-0.05, 0) is 12.1 Å². The molecule has 15 heavy (non-hydrogen) atoms. The minimum atomic E-state index is -0.998. The lowest BCUT2D eigenvalue weighted by Crippen LogP contribution is -2.23. The molecule has 1 amide bonds. The molecule has 0 fully saturated rings. The highest BCUT2D eigenvalue weighted by Gasteiger charge is 2.11. The molecule has 0 aliphatic rings. The minimum absolute atomic E-state index is 0.177. The predicted octanol–water partition coefficient (Wildman–Crippen LogP) is 0.579. The summed E-state index contributed by atoms with van der Waals surface area (Å²) in [5.74, 6) is -0.998. The second-order valence-electron chi connectivity index (χ2n) is 2.92. The molecule has 0 spiro atoms. The number of ether oxygens (including phenoxy) is 1. The van der Waals surface area contributed by atoms with Gasteiger partial charge >= 0.3 is 12.1 Å². The fourth-order valence-electron chi connectivity index (χ4n) is 1.18. The van der Waals surface area contributed by atoms with Gasteiger partial charge < -0.3 is 19.7 Å². The number of nitrogens with zero attached hydrogens (tertiary/aromatic N) is 1. The molecule has 1 heterocycles. The van der Waals surface area contributed by atoms with Crippen LogP contribution in [0.2, 0.25) is 0 Å². The fourth-order valence-corrected chi connectivity index (χ4v) is 1.18. The van der Waals surface area contributed by atoms with E-state index in [4.69, 9.17) is 5.11 Å². The van der Waals surface area contributed by atoms with Crippen molar-refractivity contribution >= 4 is 12.1 Å². The van der Waals surface area contributed by atoms with Crippen LogP contribution >= 0.6 is 0 Å². The number of rotatable bonds is 3. The summed E-state index contributed by atoms with van der Waals surface area (Å²) in [6, 6.07) is 3.12. The van der Waals surface area contributed by atoms with Crippen molar-refractivity contribution in [3.63, 3.8) is 0 Å². The van der Waals surface area contributed by atoms with Crippen molar-refractivity contribution in [2.45, 2.75) is 6.54 Å². The van der Waals surface area contributed by atoms with Gasteiger partial charge in [0.1, 0.15) is 5.69 Å². The summed E-state index contributed by atoms with van der Waals surface area (Å²) in [6.45, 7) is 0.233. The van der Waals surface area contributed by atoms with E-state index in [1.807, 2.05) is 0 Å². The number of nitrogens with one attached hydrogen (secondary N) is 1. The van der Waals surface area contributed by atoms with E-state index in [9.17, 15) is 9.59 Å². The van der Waals surface area contributed by atoms with Gasteiger partial charge in [0.05, 0.1) is 13.7 Å². The third kappa shape index (κ3) is 2.49. The summed E-state index contributed by atoms with van der Waals surface area (Å²) in [5, 5.41) is 11.2. The fraction of sp³-hybridized carbons (Fsp3) is 0.333. The van der Waals surface area contributed by atoms with E-state index in [0.717, 1.165) is 0 Å². The molecular formula is C9H12N2O4. The Labute approximate surface area is 86.5 Å². The first-order valence-electron chi connectivity index (χ1n) is 4.26. The molecule has 0 aliphatic heterocycles. The van der Waals surface area contributed by atoms with Gasteiger partial charge in [-0.1, -0.05) is 0 Å². The monoisotopic (exact) mass is 212 g/mol. The quantitative estimate of drug-likeness (QED) is 0.767. The van der Waals surface area contributed by atoms with Crippen molar-refractivity contribution in [3.05, 3.63) is 23.5 Å². The van der Waals surface area contributed by atoms with Crippen molar-refractivity contribution in [1.29, 1.82) is 0 Å². The first kappa shape index (κ1) is 11.1. The molecule has 0 aliphatic carbocycles. The summed E-state index contributed by atoms with van der Waals surface area (Å²) in [5.41, 5.74) is 0.870. The Morgan fingerprint density at radius 3 is 2.67 bits per heavy atom. The van der Waals surface area contributed by atoms with Gasteiger partial charge in [0.25, 0.3) is 0 Å². The predicted molar refractivity (Wildman–Crippen MR) is 51.6 cm³/mol. The first-order valence-corrected chi connectivity index (χ1v) is 4.26. The second-order valence-corrected chi connectivity index (χ2v) is 2.92. The van der Waals surface area contributed by atoms with E-state index in [1.54, 1.807) is 13.1 Å². The zero-order valence-electron chi connectivity index (χ0n) is 8.48. The highest BCUT2D eigenvalue weighted by Crippen LogP contribution is 2.06. The van der Waals surface area contributed by atoms with Crippen LogP contribution in [-0.2, 0) is 18.3 Å². The Morgan fingerprint density at radius 2 is 2.20 bits per heavy atom. The van der Waals surface area contributed by atoms with E-state index in [1.165, 1.54) is 17.7 Å². The number of amides is 1. The third-order valence-corrected chi connectivity index (χ3v) is 2.04. The average molecular weight is 212 g/mol. The number of carboxylic acid groups (broad SMARTS) is 1. The SMILES string of the molecule is COC(=O)NCc1ccc(C(=O)O)n1C. The Hall–Kier alpha value is -1.98. The molecule has 0 unspecified atom stereocenters. The molecule has 1 rings (SSSR count). The van der Waals surface area contributed by atoms with E-state index in [0.29, 0.717) is 5.69 Å². The molecule has 1 aromatic heterocycles. The van der Waals surface area contributed by atoms with E-state index in [2.05, 4.69) is 10.1 Å². The van der Waals surface area contributed by atoms with Crippen LogP contribution in [0.5, 0.6) is 0 Å². The normalized spacial score (nSPS) is 9.73. The largest absolute Gasteiger partial charge is 0.477 e. The maximum absolute atomic E-state index is 10.8. The van der Waals surface area contributed by atoms with Gasteiger partial charge in [0.15, 0.2) is 0 Å². The smallest absolute Gasteiger partial charge is 0.407 e. The summed E-state index contributed by atoms with van der Waals surface area (Å²) < 4.78 is 5.89. The van der Waals surface area contributed by atoms with Crippen LogP contribution < -0.4 is 5.32 Å². The van der Waals surface area contributed by atoms with Gasteiger partial charge in [-0.25, -0.2) is 9.59 Å². The first-order chi connectivity index (χ1) is 7.06. The molecule has 0 bridgehead atoms. The van der Waals surface area contributed by atoms with Crippen molar-refractivity contribution in [2.75, 3.05) is 7.11 Å². The zero-order valence-corrected chi connectivity index (χ0v) is 8.48. The van der Waals surface area contributed by atoms with Crippen LogP contribution in [-0.4, -0.2) is 28.8 Å². The number of alkyl carbamates (subject to hydrolysis) is 1. The van der Waals surface area contributed by atoms with Crippen molar-refractivity contribution in [1.82, 2.24) is 9.88 Å². The number of carbonyl (C=O) groups is 2. The maximum atomic E-state index is 10.8. The van der Waals surface area contributed by atoms with Gasteiger partial charge in [0, 0.05) is 12.7 Å². The van der Waals surface area contributed by atoms with Gasteiger partial charge in [-0.3, -0.25) is 0 Å². The van der Waals surface area contributed by atoms with E-state index in [-0.39, 0.29) is 12.2 Å². The Kier molecular flexibility index (Phi) is 3.33. The third-order valence-electron chi connectivity index (χ3n) is 2.04. The summed E-state index contributed by atoms with van der Waals surface area (Å²) in [6.07, 6.45) is -0.548. The van der Waals surface area contributed by atoms with Crippen LogP contribution in [0.3, 0.4) is 0 Å². The van der Waals surface area contributed by atoms with Crippen LogP contribution in [0, 0.1) is 0 Å². The highest BCUT2D eigenvalue weighted by molar-refractivity contribution is 5.86. The highest BCUT2D eigenvalue weighted by atomic mass is 16.5. The number of hydrogen-bond acceptors (Lipinski definition) is 3. The number of carbonyl (C=O) groups excluding carboxylic acids is 1. The molecule has 0 saturated heterocycles. The maximum Gasteiger partial charge on any atom is 0.407 e. The molecule has 0 aromatic carbocycles. The Morgan fingerprint density at radius 1 is 1.53 bits per heavy atom. The lowest BCUT2D eigenvalue weighted by atomic mass is 10.4. The molecule has 2 N–H and O–H groups in total. The summed E-state index contributed by atoms with van der Waals surface area (Å²) in [7, 11) is 2.89. The summed E-state index contributed by atoms with van der Waals surface area (Å²) in [4.78, 5) is 21.5. The Balaban J connectivity index is 2.71. The summed E-state index contributed by atoms with van der Waals surface area (Å²) >= 11 is 0. The van der Waals surface area contributed by atoms with E-state index >= 15 is 0 Å². The van der Waals surface area contributed by atoms with Crippen LogP contribution in [0.4, 0.5) is 4.79 Å². The molecule has 0 saturated carbocycles. The van der Waals surface area contributed by atoms with Crippen molar-refractivity contribution < 1.29 is 19.4 Å². The molecule has 6 heteroatoms. The topological polar surface area (TPSA) is 80.6 Å². The number of aromatic nitrogens is 1. The van der Waals surface area contributed by atoms with Gasteiger partial charge in [-0.2, -0.15) is 0 Å². The van der Waals surface area contributed by atoms with Gasteiger partial charge in [-0.15, -0.1) is 0 Å². The molecule has 6 nitrogen and oxygen atoms in total. The average Bonchev–Trinajstić information content (AvgIpc) is 2.56. The second kappa shape index (κ2) is 4.50. The number of hydrogen-bond donors (Lipinski definition) is 2.